The van der Waals surface area contributed by atoms with Crippen molar-refractivity contribution >= 4 is 5.82 Å². The molecule has 0 spiro atoms. The second kappa shape index (κ2) is 5.40. The van der Waals surface area contributed by atoms with Crippen LogP contribution in [0.1, 0.15) is 24.3 Å². The summed E-state index contributed by atoms with van der Waals surface area (Å²) in [6, 6.07) is 4.49. The van der Waals surface area contributed by atoms with Gasteiger partial charge in [0.05, 0.1) is 24.7 Å². The van der Waals surface area contributed by atoms with Crippen molar-refractivity contribution in [2.45, 2.75) is 32.0 Å². The van der Waals surface area contributed by atoms with Crippen LogP contribution in [0.3, 0.4) is 0 Å². The number of rotatable bonds is 6. The van der Waals surface area contributed by atoms with Crippen molar-refractivity contribution in [3.05, 3.63) is 42.2 Å². The van der Waals surface area contributed by atoms with Crippen molar-refractivity contribution in [3.63, 3.8) is 0 Å². The molecule has 0 bridgehead atoms. The van der Waals surface area contributed by atoms with Gasteiger partial charge in [-0.1, -0.05) is 0 Å². The molecule has 100 valence electrons. The molecular weight excluding hydrogens is 240 g/mol. The van der Waals surface area contributed by atoms with Gasteiger partial charge in [0.2, 0.25) is 0 Å². The van der Waals surface area contributed by atoms with Crippen LogP contribution in [0.15, 0.2) is 35.2 Å². The molecular formula is C14H18N4O. The average Bonchev–Trinajstić information content (AvgIpc) is 3.14. The zero-order valence-electron chi connectivity index (χ0n) is 11.0. The Morgan fingerprint density at radius 2 is 2.32 bits per heavy atom. The Kier molecular flexibility index (Phi) is 3.46. The van der Waals surface area contributed by atoms with Gasteiger partial charge in [0.25, 0.3) is 0 Å². The van der Waals surface area contributed by atoms with Gasteiger partial charge < -0.3 is 14.6 Å². The van der Waals surface area contributed by atoms with Crippen LogP contribution in [0.2, 0.25) is 0 Å². The first-order valence-electron chi connectivity index (χ1n) is 6.61. The molecule has 0 aromatic carbocycles. The molecule has 2 aromatic rings. The number of nitrogens with one attached hydrogen (secondary N) is 1. The van der Waals surface area contributed by atoms with E-state index in [0.717, 1.165) is 30.4 Å². The Labute approximate surface area is 112 Å². The van der Waals surface area contributed by atoms with Gasteiger partial charge in [-0.2, -0.15) is 0 Å². The highest BCUT2D eigenvalue weighted by Gasteiger charge is 2.30. The second-order valence-corrected chi connectivity index (χ2v) is 4.84. The van der Waals surface area contributed by atoms with E-state index < -0.39 is 0 Å². The van der Waals surface area contributed by atoms with Crippen LogP contribution in [0.5, 0.6) is 0 Å². The lowest BCUT2D eigenvalue weighted by molar-refractivity contribution is 0.500. The van der Waals surface area contributed by atoms with Crippen molar-refractivity contribution in [2.24, 2.45) is 0 Å². The van der Waals surface area contributed by atoms with Crippen LogP contribution in [0, 0.1) is 0 Å². The number of hydrogen-bond donors (Lipinski definition) is 1. The smallest absolute Gasteiger partial charge is 0.148 e. The number of furan rings is 1. The highest BCUT2D eigenvalue weighted by atomic mass is 16.3. The SMILES string of the molecule is CNCc1cncc(N(Cc2ccco2)C2CC2)n1. The first-order chi connectivity index (χ1) is 9.36. The Balaban J connectivity index is 1.81. The summed E-state index contributed by atoms with van der Waals surface area (Å²) in [7, 11) is 1.91. The number of anilines is 1. The van der Waals surface area contributed by atoms with Crippen LogP contribution >= 0.6 is 0 Å². The largest absolute Gasteiger partial charge is 0.467 e. The predicted octanol–water partition coefficient (Wildman–Crippen LogP) is 1.96. The molecule has 5 heteroatoms. The van der Waals surface area contributed by atoms with Gasteiger partial charge in [-0.15, -0.1) is 0 Å². The standard InChI is InChI=1S/C14H18N4O/c1-15-7-11-8-16-9-14(17-11)18(12-4-5-12)10-13-3-2-6-19-13/h2-3,6,8-9,12,15H,4-5,7,10H2,1H3. The molecule has 0 atom stereocenters. The molecule has 1 N–H and O–H groups in total. The van der Waals surface area contributed by atoms with Crippen LogP contribution in [-0.2, 0) is 13.1 Å². The van der Waals surface area contributed by atoms with Crippen molar-refractivity contribution in [1.29, 1.82) is 0 Å². The van der Waals surface area contributed by atoms with E-state index in [4.69, 9.17) is 4.42 Å². The Morgan fingerprint density at radius 1 is 1.42 bits per heavy atom. The summed E-state index contributed by atoms with van der Waals surface area (Å²) in [6.45, 7) is 1.50. The molecule has 0 aliphatic heterocycles. The molecule has 2 heterocycles. The zero-order valence-corrected chi connectivity index (χ0v) is 11.0. The Hall–Kier alpha value is -1.88. The normalized spacial score (nSPS) is 14.6. The molecule has 1 aliphatic carbocycles. The maximum atomic E-state index is 5.44. The highest BCUT2D eigenvalue weighted by molar-refractivity contribution is 5.40. The molecule has 0 radical (unpaired) electrons. The van der Waals surface area contributed by atoms with Crippen molar-refractivity contribution < 1.29 is 4.42 Å². The minimum Gasteiger partial charge on any atom is -0.467 e. The number of hydrogen-bond acceptors (Lipinski definition) is 5. The van der Waals surface area contributed by atoms with Crippen LogP contribution in [0.25, 0.3) is 0 Å². The molecule has 3 rings (SSSR count). The molecule has 1 aliphatic rings. The van der Waals surface area contributed by atoms with E-state index in [2.05, 4.69) is 20.2 Å². The van der Waals surface area contributed by atoms with Crippen molar-refractivity contribution in [1.82, 2.24) is 15.3 Å². The molecule has 0 amide bonds. The second-order valence-electron chi connectivity index (χ2n) is 4.84. The van der Waals surface area contributed by atoms with E-state index in [1.54, 1.807) is 12.5 Å². The summed E-state index contributed by atoms with van der Waals surface area (Å²) in [6.07, 6.45) is 7.79. The lowest BCUT2D eigenvalue weighted by atomic mass is 10.3. The monoisotopic (exact) mass is 258 g/mol. The summed E-state index contributed by atoms with van der Waals surface area (Å²) < 4.78 is 5.44. The lowest BCUT2D eigenvalue weighted by Crippen LogP contribution is -2.26. The molecule has 0 unspecified atom stereocenters. The molecule has 2 aromatic heterocycles. The fraction of sp³-hybridized carbons (Fsp3) is 0.429. The third-order valence-corrected chi connectivity index (χ3v) is 3.22. The molecule has 1 saturated carbocycles. The fourth-order valence-electron chi connectivity index (χ4n) is 2.15. The maximum absolute atomic E-state index is 5.44. The Morgan fingerprint density at radius 3 is 3.00 bits per heavy atom. The van der Waals surface area contributed by atoms with Gasteiger partial charge in [0.15, 0.2) is 0 Å². The molecule has 5 nitrogen and oxygen atoms in total. The summed E-state index contributed by atoms with van der Waals surface area (Å²) in [4.78, 5) is 11.2. The average molecular weight is 258 g/mol. The summed E-state index contributed by atoms with van der Waals surface area (Å²) in [5.41, 5.74) is 0.963. The Bertz CT molecular complexity index is 522. The van der Waals surface area contributed by atoms with E-state index in [9.17, 15) is 0 Å². The zero-order chi connectivity index (χ0) is 13.1. The van der Waals surface area contributed by atoms with Crippen molar-refractivity contribution in [2.75, 3.05) is 11.9 Å². The van der Waals surface area contributed by atoms with Gasteiger partial charge in [-0.3, -0.25) is 4.98 Å². The molecule has 1 fully saturated rings. The first kappa shape index (κ1) is 12.2. The number of nitrogens with zero attached hydrogens (tertiary/aromatic N) is 3. The van der Waals surface area contributed by atoms with E-state index in [-0.39, 0.29) is 0 Å². The van der Waals surface area contributed by atoms with E-state index in [1.165, 1.54) is 12.8 Å². The molecule has 0 saturated heterocycles. The predicted molar refractivity (Wildman–Crippen MR) is 72.7 cm³/mol. The quantitative estimate of drug-likeness (QED) is 0.858. The van der Waals surface area contributed by atoms with E-state index in [0.29, 0.717) is 6.04 Å². The minimum atomic E-state index is 0.573. The third-order valence-electron chi connectivity index (χ3n) is 3.22. The van der Waals surface area contributed by atoms with Gasteiger partial charge in [-0.05, 0) is 32.0 Å². The van der Waals surface area contributed by atoms with Gasteiger partial charge in [0.1, 0.15) is 11.6 Å². The summed E-state index contributed by atoms with van der Waals surface area (Å²) >= 11 is 0. The van der Waals surface area contributed by atoms with Crippen molar-refractivity contribution in [3.8, 4) is 0 Å². The fourth-order valence-corrected chi connectivity index (χ4v) is 2.15. The van der Waals surface area contributed by atoms with Crippen LogP contribution in [-0.4, -0.2) is 23.1 Å². The highest BCUT2D eigenvalue weighted by Crippen LogP contribution is 2.31. The van der Waals surface area contributed by atoms with Crippen LogP contribution < -0.4 is 10.2 Å². The summed E-state index contributed by atoms with van der Waals surface area (Å²) in [5.74, 6) is 1.90. The van der Waals surface area contributed by atoms with Gasteiger partial charge in [-0.25, -0.2) is 4.98 Å². The van der Waals surface area contributed by atoms with Crippen LogP contribution in [0.4, 0.5) is 5.82 Å². The minimum absolute atomic E-state index is 0.573. The van der Waals surface area contributed by atoms with E-state index in [1.807, 2.05) is 25.4 Å². The maximum Gasteiger partial charge on any atom is 0.148 e. The lowest BCUT2D eigenvalue weighted by Gasteiger charge is -2.22. The van der Waals surface area contributed by atoms with Gasteiger partial charge >= 0.3 is 0 Å². The number of aromatic nitrogens is 2. The topological polar surface area (TPSA) is 54.2 Å². The van der Waals surface area contributed by atoms with Gasteiger partial charge in [0, 0.05) is 18.8 Å². The third kappa shape index (κ3) is 2.93. The first-order valence-corrected chi connectivity index (χ1v) is 6.61. The summed E-state index contributed by atoms with van der Waals surface area (Å²) in [5, 5.41) is 3.10. The van der Waals surface area contributed by atoms with E-state index >= 15 is 0 Å². The molecule has 19 heavy (non-hydrogen) atoms.